The Kier molecular flexibility index (Phi) is 4.15. The Balaban J connectivity index is 4.39. The van der Waals surface area contributed by atoms with Crippen molar-refractivity contribution in [2.75, 3.05) is 0 Å². The second kappa shape index (κ2) is 4.39. The van der Waals surface area contributed by atoms with Crippen LogP contribution in [0.2, 0.25) is 0 Å². The van der Waals surface area contributed by atoms with E-state index in [0.29, 0.717) is 0 Å². The molecule has 0 saturated heterocycles. The van der Waals surface area contributed by atoms with Gasteiger partial charge >= 0.3 is 0 Å². The van der Waals surface area contributed by atoms with Gasteiger partial charge < -0.3 is 0 Å². The van der Waals surface area contributed by atoms with Gasteiger partial charge in [0.05, 0.1) is 0 Å². The maximum atomic E-state index is 12.6. The Morgan fingerprint density at radius 3 is 2.08 bits per heavy atom. The molecular formula is C10H16F2. The zero-order chi connectivity index (χ0) is 9.78. The van der Waals surface area contributed by atoms with E-state index >= 15 is 0 Å². The topological polar surface area (TPSA) is 0 Å². The van der Waals surface area contributed by atoms with E-state index < -0.39 is 5.92 Å². The first-order valence-electron chi connectivity index (χ1n) is 4.10. The van der Waals surface area contributed by atoms with Crippen molar-refractivity contribution >= 4 is 0 Å². The Hall–Kier alpha value is -0.660. The lowest BCUT2D eigenvalue weighted by Crippen LogP contribution is -2.10. The van der Waals surface area contributed by atoms with Gasteiger partial charge in [-0.05, 0) is 25.8 Å². The van der Waals surface area contributed by atoms with E-state index in [2.05, 4.69) is 0 Å². The maximum absolute atomic E-state index is 12.6. The van der Waals surface area contributed by atoms with Crippen LogP contribution in [0.4, 0.5) is 8.78 Å². The van der Waals surface area contributed by atoms with Crippen LogP contribution in [0.1, 0.15) is 34.1 Å². The molecule has 0 aliphatic carbocycles. The molecule has 12 heavy (non-hydrogen) atoms. The molecule has 0 aromatic rings. The summed E-state index contributed by atoms with van der Waals surface area (Å²) in [5.41, 5.74) is 1.22. The first-order valence-corrected chi connectivity index (χ1v) is 4.10. The second-order valence-corrected chi connectivity index (χ2v) is 3.10. The van der Waals surface area contributed by atoms with E-state index in [1.165, 1.54) is 13.0 Å². The van der Waals surface area contributed by atoms with Crippen molar-refractivity contribution in [3.05, 3.63) is 23.3 Å². The fraction of sp³-hybridized carbons (Fsp3) is 0.600. The van der Waals surface area contributed by atoms with Crippen molar-refractivity contribution in [1.29, 1.82) is 0 Å². The molecule has 0 unspecified atom stereocenters. The number of allylic oxidation sites excluding steroid dienone is 4. The number of hydrogen-bond donors (Lipinski definition) is 0. The minimum absolute atomic E-state index is 0.107. The molecule has 0 heterocycles. The van der Waals surface area contributed by atoms with E-state index in [9.17, 15) is 8.78 Å². The highest BCUT2D eigenvalue weighted by molar-refractivity contribution is 5.19. The predicted molar refractivity (Wildman–Crippen MR) is 48.4 cm³/mol. The smallest absolute Gasteiger partial charge is 0.202 e. The zero-order valence-electron chi connectivity index (χ0n) is 8.12. The van der Waals surface area contributed by atoms with Gasteiger partial charge in [-0.1, -0.05) is 24.6 Å². The maximum Gasteiger partial charge on any atom is 0.266 e. The molecule has 0 N–H and O–H groups in total. The molecule has 0 saturated carbocycles. The van der Waals surface area contributed by atoms with Crippen molar-refractivity contribution in [3.63, 3.8) is 0 Å². The molecule has 70 valence electrons. The van der Waals surface area contributed by atoms with Crippen LogP contribution in [0.15, 0.2) is 23.3 Å². The molecule has 0 aliphatic heterocycles. The summed E-state index contributed by atoms with van der Waals surface area (Å²) in [4.78, 5) is 0. The Labute approximate surface area is 73.0 Å². The lowest BCUT2D eigenvalue weighted by molar-refractivity contribution is 0.0635. The van der Waals surface area contributed by atoms with Gasteiger partial charge in [0.2, 0.25) is 0 Å². The van der Waals surface area contributed by atoms with E-state index in [0.717, 1.165) is 18.9 Å². The van der Waals surface area contributed by atoms with Crippen LogP contribution in [0.3, 0.4) is 0 Å². The standard InChI is InChI=1S/C10H16F2/c1-5-8(2)6-7-9(3)10(4,11)12/h6-7H,5H2,1-4H3/b8-6-,9-7+. The first-order chi connectivity index (χ1) is 5.38. The summed E-state index contributed by atoms with van der Waals surface area (Å²) in [5, 5.41) is 0. The van der Waals surface area contributed by atoms with Gasteiger partial charge in [0, 0.05) is 6.92 Å². The minimum atomic E-state index is -2.69. The van der Waals surface area contributed by atoms with Crippen LogP contribution in [0.25, 0.3) is 0 Å². The van der Waals surface area contributed by atoms with E-state index in [1.54, 1.807) is 6.08 Å². The van der Waals surface area contributed by atoms with Gasteiger partial charge in [-0.2, -0.15) is 0 Å². The summed E-state index contributed by atoms with van der Waals surface area (Å²) in [6.07, 6.45) is 4.13. The lowest BCUT2D eigenvalue weighted by atomic mass is 10.1. The molecule has 0 aliphatic rings. The largest absolute Gasteiger partial charge is 0.266 e. The molecular weight excluding hydrogens is 158 g/mol. The number of rotatable bonds is 3. The summed E-state index contributed by atoms with van der Waals surface area (Å²) in [5.74, 6) is -2.69. The molecule has 0 rings (SSSR count). The fourth-order valence-electron chi connectivity index (χ4n) is 0.531. The minimum Gasteiger partial charge on any atom is -0.202 e. The average molecular weight is 174 g/mol. The van der Waals surface area contributed by atoms with Crippen molar-refractivity contribution in [2.45, 2.75) is 40.0 Å². The molecule has 0 fully saturated rings. The molecule has 0 aromatic heterocycles. The van der Waals surface area contributed by atoms with E-state index in [4.69, 9.17) is 0 Å². The molecule has 0 bridgehead atoms. The Morgan fingerprint density at radius 2 is 1.75 bits per heavy atom. The molecule has 0 spiro atoms. The number of alkyl halides is 2. The Bertz CT molecular complexity index is 194. The second-order valence-electron chi connectivity index (χ2n) is 3.10. The van der Waals surface area contributed by atoms with Crippen LogP contribution >= 0.6 is 0 Å². The lowest BCUT2D eigenvalue weighted by Gasteiger charge is -2.09. The van der Waals surface area contributed by atoms with Crippen molar-refractivity contribution in [3.8, 4) is 0 Å². The summed E-state index contributed by atoms with van der Waals surface area (Å²) in [6.45, 7) is 6.28. The average Bonchev–Trinajstić information content (AvgIpc) is 1.97. The van der Waals surface area contributed by atoms with Gasteiger partial charge in [-0.15, -0.1) is 0 Å². The van der Waals surface area contributed by atoms with Crippen LogP contribution in [-0.4, -0.2) is 5.92 Å². The van der Waals surface area contributed by atoms with Crippen LogP contribution in [-0.2, 0) is 0 Å². The predicted octanol–water partition coefficient (Wildman–Crippen LogP) is 3.94. The molecule has 0 aromatic carbocycles. The molecule has 0 amide bonds. The zero-order valence-corrected chi connectivity index (χ0v) is 8.12. The van der Waals surface area contributed by atoms with E-state index in [-0.39, 0.29) is 5.57 Å². The molecule has 2 heteroatoms. The monoisotopic (exact) mass is 174 g/mol. The fourth-order valence-corrected chi connectivity index (χ4v) is 0.531. The van der Waals surface area contributed by atoms with Crippen molar-refractivity contribution < 1.29 is 8.78 Å². The third-order valence-electron chi connectivity index (χ3n) is 1.87. The van der Waals surface area contributed by atoms with Gasteiger partial charge in [-0.25, -0.2) is 8.78 Å². The number of halogens is 2. The van der Waals surface area contributed by atoms with Gasteiger partial charge in [-0.3, -0.25) is 0 Å². The molecule has 0 radical (unpaired) electrons. The molecule has 0 nitrogen and oxygen atoms in total. The molecule has 0 atom stereocenters. The van der Waals surface area contributed by atoms with Gasteiger partial charge in [0.1, 0.15) is 0 Å². The summed E-state index contributed by atoms with van der Waals surface area (Å²) >= 11 is 0. The summed E-state index contributed by atoms with van der Waals surface area (Å²) in [7, 11) is 0. The highest BCUT2D eigenvalue weighted by Gasteiger charge is 2.22. The number of hydrogen-bond acceptors (Lipinski definition) is 0. The van der Waals surface area contributed by atoms with Gasteiger partial charge in [0.25, 0.3) is 5.92 Å². The summed E-state index contributed by atoms with van der Waals surface area (Å²) < 4.78 is 25.1. The van der Waals surface area contributed by atoms with Crippen molar-refractivity contribution in [2.24, 2.45) is 0 Å². The first kappa shape index (κ1) is 11.3. The third-order valence-corrected chi connectivity index (χ3v) is 1.87. The van der Waals surface area contributed by atoms with Gasteiger partial charge in [0.15, 0.2) is 0 Å². The van der Waals surface area contributed by atoms with Crippen LogP contribution in [0, 0.1) is 0 Å². The normalized spacial score (nSPS) is 15.2. The van der Waals surface area contributed by atoms with Crippen molar-refractivity contribution in [1.82, 2.24) is 0 Å². The summed E-state index contributed by atoms with van der Waals surface area (Å²) in [6, 6.07) is 0. The highest BCUT2D eigenvalue weighted by Crippen LogP contribution is 2.22. The van der Waals surface area contributed by atoms with Crippen LogP contribution in [0.5, 0.6) is 0 Å². The SMILES string of the molecule is CC/C(C)=C\C=C(/C)C(C)(F)F. The third kappa shape index (κ3) is 4.27. The highest BCUT2D eigenvalue weighted by atomic mass is 19.3. The van der Waals surface area contributed by atoms with E-state index in [1.807, 2.05) is 13.8 Å². The Morgan fingerprint density at radius 1 is 1.25 bits per heavy atom. The quantitative estimate of drug-likeness (QED) is 0.568. The van der Waals surface area contributed by atoms with Crippen LogP contribution < -0.4 is 0 Å².